The van der Waals surface area contributed by atoms with E-state index in [0.717, 1.165) is 19.5 Å². The highest BCUT2D eigenvalue weighted by molar-refractivity contribution is 5.74. The number of fused-ring (bicyclic) bond motifs is 1. The second kappa shape index (κ2) is 1.53. The molecule has 3 heteroatoms. The maximum Gasteiger partial charge on any atom is 0.219 e. The van der Waals surface area contributed by atoms with Gasteiger partial charge in [-0.25, -0.2) is 0 Å². The van der Waals surface area contributed by atoms with Crippen LogP contribution in [-0.4, -0.2) is 29.4 Å². The Morgan fingerprint density at radius 1 is 1.80 bits per heavy atom. The number of carbonyl (C=O) groups is 1. The van der Waals surface area contributed by atoms with Crippen molar-refractivity contribution < 1.29 is 4.79 Å². The first-order valence-corrected chi connectivity index (χ1v) is 3.66. The lowest BCUT2D eigenvalue weighted by atomic mass is 10.3. The summed E-state index contributed by atoms with van der Waals surface area (Å²) >= 11 is 0. The quantitative estimate of drug-likeness (QED) is 0.496. The molecular formula is C7H12N2O. The molecule has 2 rings (SSSR count). The Kier molecular flexibility index (Phi) is 0.944. The summed E-state index contributed by atoms with van der Waals surface area (Å²) in [4.78, 5) is 12.7. The summed E-state index contributed by atoms with van der Waals surface area (Å²) in [6.07, 6.45) is 1.12. The van der Waals surface area contributed by atoms with Crippen molar-refractivity contribution in [1.82, 2.24) is 4.90 Å². The highest BCUT2D eigenvalue weighted by atomic mass is 16.2. The summed E-state index contributed by atoms with van der Waals surface area (Å²) < 4.78 is 0. The van der Waals surface area contributed by atoms with Gasteiger partial charge in [-0.2, -0.15) is 0 Å². The molecule has 1 saturated carbocycles. The molecule has 0 bridgehead atoms. The smallest absolute Gasteiger partial charge is 0.219 e. The Balaban J connectivity index is 2.04. The second-order valence-electron chi connectivity index (χ2n) is 3.53. The van der Waals surface area contributed by atoms with Crippen molar-refractivity contribution in [3.8, 4) is 0 Å². The standard InChI is InChI=1S/C7H12N2O/c1-5(10)9-3-6-2-7(6,8)4-9/h6H,2-4,8H2,1H3/t6-,7+/m0/s1. The van der Waals surface area contributed by atoms with Gasteiger partial charge in [0, 0.05) is 25.6 Å². The van der Waals surface area contributed by atoms with E-state index in [4.69, 9.17) is 5.73 Å². The fraction of sp³-hybridized carbons (Fsp3) is 0.857. The number of likely N-dealkylation sites (tertiary alicyclic amines) is 1. The van der Waals surface area contributed by atoms with Crippen LogP contribution in [-0.2, 0) is 4.79 Å². The van der Waals surface area contributed by atoms with Crippen LogP contribution in [0.2, 0.25) is 0 Å². The van der Waals surface area contributed by atoms with Gasteiger partial charge in [0.2, 0.25) is 5.91 Å². The van der Waals surface area contributed by atoms with E-state index in [1.54, 1.807) is 6.92 Å². The van der Waals surface area contributed by atoms with Gasteiger partial charge in [0.05, 0.1) is 0 Å². The number of hydrogen-bond donors (Lipinski definition) is 1. The lowest BCUT2D eigenvalue weighted by molar-refractivity contribution is -0.128. The third-order valence-corrected chi connectivity index (χ3v) is 2.65. The first-order valence-electron chi connectivity index (χ1n) is 3.66. The third kappa shape index (κ3) is 0.669. The SMILES string of the molecule is CC(=O)N1C[C@@H]2C[C@@]2(N)C1. The van der Waals surface area contributed by atoms with E-state index >= 15 is 0 Å². The molecule has 1 saturated heterocycles. The summed E-state index contributed by atoms with van der Waals surface area (Å²) in [6, 6.07) is 0. The van der Waals surface area contributed by atoms with Gasteiger partial charge in [0.1, 0.15) is 0 Å². The molecule has 0 aromatic heterocycles. The van der Waals surface area contributed by atoms with Crippen molar-refractivity contribution in [1.29, 1.82) is 0 Å². The molecule has 0 aromatic carbocycles. The minimum atomic E-state index is 0.0195. The van der Waals surface area contributed by atoms with Gasteiger partial charge in [0.15, 0.2) is 0 Å². The summed E-state index contributed by atoms with van der Waals surface area (Å²) in [7, 11) is 0. The molecule has 1 heterocycles. The van der Waals surface area contributed by atoms with Crippen LogP contribution in [0.5, 0.6) is 0 Å². The summed E-state index contributed by atoms with van der Waals surface area (Å²) in [6.45, 7) is 3.28. The first-order chi connectivity index (χ1) is 4.62. The van der Waals surface area contributed by atoms with E-state index in [2.05, 4.69) is 0 Å². The molecule has 1 aliphatic carbocycles. The number of rotatable bonds is 0. The van der Waals surface area contributed by atoms with E-state index < -0.39 is 0 Å². The van der Waals surface area contributed by atoms with Crippen molar-refractivity contribution >= 4 is 5.91 Å². The highest BCUT2D eigenvalue weighted by Crippen LogP contribution is 2.46. The van der Waals surface area contributed by atoms with Crippen LogP contribution in [0.3, 0.4) is 0 Å². The predicted octanol–water partition coefficient (Wildman–Crippen LogP) is -0.434. The van der Waals surface area contributed by atoms with Crippen molar-refractivity contribution in [2.45, 2.75) is 18.9 Å². The van der Waals surface area contributed by atoms with E-state index in [9.17, 15) is 4.79 Å². The van der Waals surface area contributed by atoms with Crippen molar-refractivity contribution in [2.75, 3.05) is 13.1 Å². The van der Waals surface area contributed by atoms with Gasteiger partial charge in [-0.1, -0.05) is 0 Å². The summed E-state index contributed by atoms with van der Waals surface area (Å²) in [5.41, 5.74) is 5.91. The zero-order chi connectivity index (χ0) is 7.35. The van der Waals surface area contributed by atoms with E-state index in [1.807, 2.05) is 4.90 Å². The molecule has 1 aliphatic heterocycles. The number of hydrogen-bond acceptors (Lipinski definition) is 2. The maximum absolute atomic E-state index is 10.8. The van der Waals surface area contributed by atoms with E-state index in [1.165, 1.54) is 0 Å². The Bertz CT molecular complexity index is 192. The van der Waals surface area contributed by atoms with Crippen LogP contribution in [0, 0.1) is 5.92 Å². The van der Waals surface area contributed by atoms with Crippen LogP contribution in [0.15, 0.2) is 0 Å². The highest BCUT2D eigenvalue weighted by Gasteiger charge is 2.57. The molecule has 2 atom stereocenters. The third-order valence-electron chi connectivity index (χ3n) is 2.65. The predicted molar refractivity (Wildman–Crippen MR) is 37.3 cm³/mol. The van der Waals surface area contributed by atoms with Crippen LogP contribution >= 0.6 is 0 Å². The Labute approximate surface area is 60.2 Å². The molecule has 3 nitrogen and oxygen atoms in total. The summed E-state index contributed by atoms with van der Waals surface area (Å²) in [5, 5.41) is 0. The van der Waals surface area contributed by atoms with E-state index in [-0.39, 0.29) is 11.4 Å². The molecule has 2 fully saturated rings. The van der Waals surface area contributed by atoms with Crippen LogP contribution in [0.4, 0.5) is 0 Å². The topological polar surface area (TPSA) is 46.3 Å². The normalized spacial score (nSPS) is 43.4. The lowest BCUT2D eigenvalue weighted by Crippen LogP contribution is -2.35. The van der Waals surface area contributed by atoms with Crippen LogP contribution < -0.4 is 5.73 Å². The van der Waals surface area contributed by atoms with Crippen molar-refractivity contribution in [2.24, 2.45) is 11.7 Å². The number of carbonyl (C=O) groups excluding carboxylic acids is 1. The maximum atomic E-state index is 10.8. The number of nitrogens with two attached hydrogens (primary N) is 1. The van der Waals surface area contributed by atoms with Gasteiger partial charge in [-0.15, -0.1) is 0 Å². The average molecular weight is 140 g/mol. The minimum absolute atomic E-state index is 0.0195. The van der Waals surface area contributed by atoms with Gasteiger partial charge in [-0.3, -0.25) is 4.79 Å². The van der Waals surface area contributed by atoms with Gasteiger partial charge in [-0.05, 0) is 12.3 Å². The van der Waals surface area contributed by atoms with Gasteiger partial charge in [0.25, 0.3) is 0 Å². The molecular weight excluding hydrogens is 128 g/mol. The molecule has 1 amide bonds. The largest absolute Gasteiger partial charge is 0.341 e. The zero-order valence-corrected chi connectivity index (χ0v) is 6.13. The second-order valence-corrected chi connectivity index (χ2v) is 3.53. The van der Waals surface area contributed by atoms with Crippen molar-refractivity contribution in [3.05, 3.63) is 0 Å². The van der Waals surface area contributed by atoms with Crippen molar-refractivity contribution in [3.63, 3.8) is 0 Å². The lowest BCUT2D eigenvalue weighted by Gasteiger charge is -2.16. The fourth-order valence-electron chi connectivity index (χ4n) is 1.77. The number of nitrogens with zero attached hydrogens (tertiary/aromatic N) is 1. The molecule has 2 aliphatic rings. The van der Waals surface area contributed by atoms with E-state index in [0.29, 0.717) is 5.92 Å². The summed E-state index contributed by atoms with van der Waals surface area (Å²) in [5.74, 6) is 0.772. The molecule has 0 aromatic rings. The van der Waals surface area contributed by atoms with Gasteiger partial charge >= 0.3 is 0 Å². The molecule has 10 heavy (non-hydrogen) atoms. The molecule has 56 valence electrons. The Morgan fingerprint density at radius 3 is 2.80 bits per heavy atom. The average Bonchev–Trinajstić information content (AvgIpc) is 2.32. The fourth-order valence-corrected chi connectivity index (χ4v) is 1.77. The Morgan fingerprint density at radius 2 is 2.50 bits per heavy atom. The molecule has 0 unspecified atom stereocenters. The number of piperidine rings is 1. The minimum Gasteiger partial charge on any atom is -0.341 e. The molecule has 0 spiro atoms. The van der Waals surface area contributed by atoms with Crippen LogP contribution in [0.1, 0.15) is 13.3 Å². The number of amides is 1. The molecule has 2 N–H and O–H groups in total. The first kappa shape index (κ1) is 6.16. The molecule has 0 radical (unpaired) electrons. The monoisotopic (exact) mass is 140 g/mol. The van der Waals surface area contributed by atoms with Gasteiger partial charge < -0.3 is 10.6 Å². The zero-order valence-electron chi connectivity index (χ0n) is 6.13. The van der Waals surface area contributed by atoms with Crippen LogP contribution in [0.25, 0.3) is 0 Å². The Hall–Kier alpha value is -0.570.